The zero-order chi connectivity index (χ0) is 24.8. The highest BCUT2D eigenvalue weighted by Crippen LogP contribution is 2.36. The molecule has 2 aromatic rings. The van der Waals surface area contributed by atoms with Crippen LogP contribution >= 0.6 is 0 Å². The third kappa shape index (κ3) is 5.54. The fraction of sp³-hybridized carbons (Fsp3) is 0.148. The van der Waals surface area contributed by atoms with Crippen LogP contribution in [0.25, 0.3) is 11.6 Å². The number of allylic oxidation sites excluding steroid dienone is 7. The van der Waals surface area contributed by atoms with Crippen molar-refractivity contribution in [1.29, 1.82) is 0 Å². The van der Waals surface area contributed by atoms with Gasteiger partial charge in [-0.3, -0.25) is 0 Å². The highest BCUT2D eigenvalue weighted by atomic mass is 16.3. The Morgan fingerprint density at radius 1 is 1.15 bits per heavy atom. The summed E-state index contributed by atoms with van der Waals surface area (Å²) in [7, 11) is 0. The Labute approximate surface area is 195 Å². The van der Waals surface area contributed by atoms with Gasteiger partial charge in [-0.2, -0.15) is 0 Å². The van der Waals surface area contributed by atoms with Gasteiger partial charge in [-0.15, -0.1) is 0 Å². The van der Waals surface area contributed by atoms with E-state index in [9.17, 15) is 9.90 Å². The summed E-state index contributed by atoms with van der Waals surface area (Å²) in [5.74, 6) is 0.484. The van der Waals surface area contributed by atoms with E-state index in [-0.39, 0.29) is 11.6 Å². The number of carbonyl (C=O) groups excluding carboxylic acids is 1. The molecular formula is C27H30N4O2. The standard InChI is InChI=1S/C27H30N4O2/c1-7-8-9-23(19(4)28)18(3)26-30-20(5)24(25(29)31-26)27(6,16-32)22-14-12-21(13-15-22)11-10-17(2)33/h7-16,33H,1-3,28H2,4-6H3,(H2,29,30,31)/b9-8-,11-10+,23-19-. The van der Waals surface area contributed by atoms with Crippen LogP contribution in [0.4, 0.5) is 5.82 Å². The second-order valence-corrected chi connectivity index (χ2v) is 7.83. The van der Waals surface area contributed by atoms with E-state index in [1.807, 2.05) is 24.3 Å². The lowest BCUT2D eigenvalue weighted by Crippen LogP contribution is -2.29. The van der Waals surface area contributed by atoms with Crippen molar-refractivity contribution in [1.82, 2.24) is 9.97 Å². The van der Waals surface area contributed by atoms with Crippen molar-refractivity contribution in [2.75, 3.05) is 5.73 Å². The van der Waals surface area contributed by atoms with E-state index in [0.29, 0.717) is 33.9 Å². The van der Waals surface area contributed by atoms with Crippen molar-refractivity contribution < 1.29 is 9.90 Å². The largest absolute Gasteiger partial charge is 0.509 e. The number of hydrogen-bond acceptors (Lipinski definition) is 6. The molecule has 2 rings (SSSR count). The Kier molecular flexibility index (Phi) is 7.91. The zero-order valence-corrected chi connectivity index (χ0v) is 19.3. The van der Waals surface area contributed by atoms with E-state index in [1.54, 1.807) is 45.1 Å². The second kappa shape index (κ2) is 10.4. The number of aliphatic hydroxyl groups excluding tert-OH is 1. The van der Waals surface area contributed by atoms with Gasteiger partial charge in [-0.1, -0.05) is 68.3 Å². The molecule has 0 saturated heterocycles. The Morgan fingerprint density at radius 3 is 2.27 bits per heavy atom. The first-order valence-corrected chi connectivity index (χ1v) is 10.3. The predicted molar refractivity (Wildman–Crippen MR) is 136 cm³/mol. The first-order valence-electron chi connectivity index (χ1n) is 10.3. The van der Waals surface area contributed by atoms with Gasteiger partial charge in [0.1, 0.15) is 17.9 Å². The minimum atomic E-state index is -1.07. The van der Waals surface area contributed by atoms with Crippen LogP contribution in [0.2, 0.25) is 0 Å². The third-order valence-electron chi connectivity index (χ3n) is 5.27. The van der Waals surface area contributed by atoms with Crippen molar-refractivity contribution in [2.45, 2.75) is 26.2 Å². The van der Waals surface area contributed by atoms with Crippen LogP contribution < -0.4 is 11.5 Å². The van der Waals surface area contributed by atoms with Crippen LogP contribution in [0.1, 0.15) is 42.1 Å². The van der Waals surface area contributed by atoms with Gasteiger partial charge < -0.3 is 21.4 Å². The lowest BCUT2D eigenvalue weighted by Gasteiger charge is -2.27. The summed E-state index contributed by atoms with van der Waals surface area (Å²) in [5.41, 5.74) is 15.7. The normalized spacial score (nSPS) is 14.0. The molecule has 0 saturated carbocycles. The van der Waals surface area contributed by atoms with Crippen LogP contribution in [0.5, 0.6) is 0 Å². The smallest absolute Gasteiger partial charge is 0.161 e. The average Bonchev–Trinajstić information content (AvgIpc) is 2.77. The van der Waals surface area contributed by atoms with E-state index >= 15 is 0 Å². The molecule has 6 heteroatoms. The van der Waals surface area contributed by atoms with Gasteiger partial charge in [0.15, 0.2) is 5.82 Å². The Hall–Kier alpha value is -4.19. The molecule has 0 aliphatic rings. The molecule has 0 radical (unpaired) electrons. The molecule has 5 N–H and O–H groups in total. The van der Waals surface area contributed by atoms with Crippen LogP contribution in [0.15, 0.2) is 85.3 Å². The van der Waals surface area contributed by atoms with Crippen LogP contribution in [-0.4, -0.2) is 21.4 Å². The highest BCUT2D eigenvalue weighted by molar-refractivity contribution is 5.81. The quantitative estimate of drug-likeness (QED) is 0.288. The average molecular weight is 443 g/mol. The molecule has 0 amide bonds. The van der Waals surface area contributed by atoms with Gasteiger partial charge in [0.25, 0.3) is 0 Å². The molecule has 33 heavy (non-hydrogen) atoms. The van der Waals surface area contributed by atoms with Crippen molar-refractivity contribution >= 4 is 23.8 Å². The summed E-state index contributed by atoms with van der Waals surface area (Å²) in [4.78, 5) is 21.4. The SMILES string of the molecule is C=C/C=C\C(C(=C)c1nc(C)c(C(C)(C=O)c2ccc(/C=C/C(=C)O)cc2)c(N)n1)=C(/C)N. The molecule has 1 heterocycles. The van der Waals surface area contributed by atoms with E-state index in [4.69, 9.17) is 11.5 Å². The van der Waals surface area contributed by atoms with Crippen molar-refractivity contribution in [3.8, 4) is 0 Å². The first-order chi connectivity index (χ1) is 15.5. The Bertz CT molecular complexity index is 1160. The lowest BCUT2D eigenvalue weighted by atomic mass is 9.76. The van der Waals surface area contributed by atoms with Gasteiger partial charge in [0.05, 0.1) is 5.41 Å². The Balaban J connectivity index is 2.55. The number of carbonyl (C=O) groups is 1. The maximum Gasteiger partial charge on any atom is 0.161 e. The number of anilines is 1. The number of aliphatic hydroxyl groups is 1. The number of aryl methyl sites for hydroxylation is 1. The summed E-state index contributed by atoms with van der Waals surface area (Å²) in [6.45, 7) is 16.5. The number of rotatable bonds is 9. The van der Waals surface area contributed by atoms with Crippen LogP contribution in [-0.2, 0) is 10.2 Å². The van der Waals surface area contributed by atoms with Gasteiger partial charge in [0.2, 0.25) is 0 Å². The summed E-state index contributed by atoms with van der Waals surface area (Å²) < 4.78 is 0. The fourth-order valence-corrected chi connectivity index (χ4v) is 3.53. The molecular weight excluding hydrogens is 412 g/mol. The summed E-state index contributed by atoms with van der Waals surface area (Å²) in [6.07, 6.45) is 9.22. The molecule has 1 unspecified atom stereocenters. The topological polar surface area (TPSA) is 115 Å². The molecule has 170 valence electrons. The molecule has 6 nitrogen and oxygen atoms in total. The number of hydrogen-bond donors (Lipinski definition) is 3. The monoisotopic (exact) mass is 442 g/mol. The van der Waals surface area contributed by atoms with Gasteiger partial charge in [0, 0.05) is 28.1 Å². The van der Waals surface area contributed by atoms with Crippen LogP contribution in [0, 0.1) is 6.92 Å². The number of nitrogens with zero attached hydrogens (tertiary/aromatic N) is 2. The zero-order valence-electron chi connectivity index (χ0n) is 19.3. The molecule has 1 aromatic heterocycles. The maximum absolute atomic E-state index is 12.3. The minimum absolute atomic E-state index is 0.0400. The van der Waals surface area contributed by atoms with Gasteiger partial charge in [-0.05, 0) is 38.0 Å². The molecule has 0 spiro atoms. The minimum Gasteiger partial charge on any atom is -0.509 e. The maximum atomic E-state index is 12.3. The number of nitrogen functional groups attached to an aromatic ring is 1. The number of aldehydes is 1. The number of benzene rings is 1. The highest BCUT2D eigenvalue weighted by Gasteiger charge is 2.34. The molecule has 0 aliphatic heterocycles. The summed E-state index contributed by atoms with van der Waals surface area (Å²) >= 11 is 0. The van der Waals surface area contributed by atoms with Crippen molar-refractivity contribution in [3.05, 3.63) is 114 Å². The van der Waals surface area contributed by atoms with Gasteiger partial charge in [-0.25, -0.2) is 9.97 Å². The molecule has 0 bridgehead atoms. The van der Waals surface area contributed by atoms with E-state index in [2.05, 4.69) is 29.7 Å². The van der Waals surface area contributed by atoms with Crippen molar-refractivity contribution in [3.63, 3.8) is 0 Å². The molecule has 0 aliphatic carbocycles. The Morgan fingerprint density at radius 2 is 1.79 bits per heavy atom. The second-order valence-electron chi connectivity index (χ2n) is 7.83. The van der Waals surface area contributed by atoms with E-state index in [1.165, 1.54) is 6.08 Å². The third-order valence-corrected chi connectivity index (χ3v) is 5.27. The molecule has 0 fully saturated rings. The van der Waals surface area contributed by atoms with E-state index in [0.717, 1.165) is 17.4 Å². The number of aromatic nitrogens is 2. The number of nitrogens with two attached hydrogens (primary N) is 2. The fourth-order valence-electron chi connectivity index (χ4n) is 3.53. The first kappa shape index (κ1) is 25.1. The van der Waals surface area contributed by atoms with Crippen molar-refractivity contribution in [2.24, 2.45) is 5.73 Å². The summed E-state index contributed by atoms with van der Waals surface area (Å²) in [6, 6.07) is 7.34. The summed E-state index contributed by atoms with van der Waals surface area (Å²) in [5, 5.41) is 9.23. The van der Waals surface area contributed by atoms with Crippen LogP contribution in [0.3, 0.4) is 0 Å². The lowest BCUT2D eigenvalue weighted by molar-refractivity contribution is -0.111. The van der Waals surface area contributed by atoms with E-state index < -0.39 is 5.41 Å². The molecule has 1 atom stereocenters. The molecule has 1 aromatic carbocycles. The van der Waals surface area contributed by atoms with Gasteiger partial charge >= 0.3 is 0 Å². The predicted octanol–water partition coefficient (Wildman–Crippen LogP) is 4.95.